The molecule has 0 aliphatic carbocycles. The second-order valence-corrected chi connectivity index (χ2v) is 8.19. The first-order valence-corrected chi connectivity index (χ1v) is 8.73. The second-order valence-electron chi connectivity index (χ2n) is 4.91. The zero-order valence-electron chi connectivity index (χ0n) is 12.4. The van der Waals surface area contributed by atoms with Gasteiger partial charge in [0.05, 0.1) is 4.92 Å². The molecule has 0 spiro atoms. The standard InChI is InChI=1S/C15H11BrCl3N3O3/c16-10-6-4-9(5-7-10)13(23)21-14(15(17,18)19)20-11-2-1-3-12(8-11)22(24)25/h1-8,14,20H,(H,21,23). The van der Waals surface area contributed by atoms with Gasteiger partial charge in [0.15, 0.2) is 0 Å². The van der Waals surface area contributed by atoms with E-state index in [9.17, 15) is 14.9 Å². The minimum Gasteiger partial charge on any atom is -0.362 e. The van der Waals surface area contributed by atoms with Gasteiger partial charge in [0.2, 0.25) is 3.79 Å². The Morgan fingerprint density at radius 2 is 1.80 bits per heavy atom. The lowest BCUT2D eigenvalue weighted by Gasteiger charge is -2.27. The number of amides is 1. The zero-order valence-corrected chi connectivity index (χ0v) is 16.2. The van der Waals surface area contributed by atoms with Crippen LogP contribution in [-0.2, 0) is 0 Å². The Balaban J connectivity index is 2.19. The number of carbonyl (C=O) groups is 1. The van der Waals surface area contributed by atoms with Crippen molar-refractivity contribution in [3.8, 4) is 0 Å². The average Bonchev–Trinajstić information content (AvgIpc) is 2.54. The number of halogens is 4. The van der Waals surface area contributed by atoms with Crippen molar-refractivity contribution in [2.75, 3.05) is 5.32 Å². The van der Waals surface area contributed by atoms with Crippen LogP contribution in [0.4, 0.5) is 11.4 Å². The first-order chi connectivity index (χ1) is 11.7. The van der Waals surface area contributed by atoms with E-state index in [1.165, 1.54) is 18.2 Å². The van der Waals surface area contributed by atoms with Gasteiger partial charge >= 0.3 is 0 Å². The fourth-order valence-corrected chi connectivity index (χ4v) is 2.48. The van der Waals surface area contributed by atoms with Crippen molar-refractivity contribution in [2.24, 2.45) is 0 Å². The van der Waals surface area contributed by atoms with Crippen molar-refractivity contribution in [1.82, 2.24) is 5.32 Å². The molecule has 132 valence electrons. The molecule has 6 nitrogen and oxygen atoms in total. The number of benzene rings is 2. The molecule has 1 unspecified atom stereocenters. The lowest BCUT2D eigenvalue weighted by atomic mass is 10.2. The number of alkyl halides is 3. The van der Waals surface area contributed by atoms with E-state index in [1.807, 2.05) is 0 Å². The Bertz CT molecular complexity index is 782. The number of anilines is 1. The van der Waals surface area contributed by atoms with Crippen molar-refractivity contribution in [2.45, 2.75) is 9.96 Å². The van der Waals surface area contributed by atoms with Gasteiger partial charge in [-0.15, -0.1) is 0 Å². The molecule has 1 atom stereocenters. The lowest BCUT2D eigenvalue weighted by molar-refractivity contribution is -0.384. The van der Waals surface area contributed by atoms with Crippen LogP contribution in [0, 0.1) is 10.1 Å². The van der Waals surface area contributed by atoms with E-state index in [0.717, 1.165) is 4.47 Å². The third-order valence-corrected chi connectivity index (χ3v) is 4.26. The summed E-state index contributed by atoms with van der Waals surface area (Å²) in [5.41, 5.74) is 0.553. The maximum absolute atomic E-state index is 12.3. The van der Waals surface area contributed by atoms with Crippen LogP contribution in [0.1, 0.15) is 10.4 Å². The molecule has 0 aliphatic rings. The molecule has 0 radical (unpaired) electrons. The highest BCUT2D eigenvalue weighted by Crippen LogP contribution is 2.32. The molecule has 0 heterocycles. The van der Waals surface area contributed by atoms with Gasteiger partial charge in [-0.05, 0) is 30.3 Å². The molecule has 2 aromatic carbocycles. The number of rotatable bonds is 5. The summed E-state index contributed by atoms with van der Waals surface area (Å²) in [5.74, 6) is -0.471. The van der Waals surface area contributed by atoms with Gasteiger partial charge in [-0.2, -0.15) is 0 Å². The highest BCUT2D eigenvalue weighted by atomic mass is 79.9. The fourth-order valence-electron chi connectivity index (χ4n) is 1.89. The molecule has 25 heavy (non-hydrogen) atoms. The molecule has 2 N–H and O–H groups in total. The molecule has 2 rings (SSSR count). The predicted molar refractivity (Wildman–Crippen MR) is 102 cm³/mol. The summed E-state index contributed by atoms with van der Waals surface area (Å²) in [5, 5.41) is 16.2. The summed E-state index contributed by atoms with van der Waals surface area (Å²) in [6.07, 6.45) is -1.12. The van der Waals surface area contributed by atoms with E-state index >= 15 is 0 Å². The van der Waals surface area contributed by atoms with E-state index in [0.29, 0.717) is 11.3 Å². The summed E-state index contributed by atoms with van der Waals surface area (Å²) in [4.78, 5) is 22.6. The number of nitro groups is 1. The zero-order chi connectivity index (χ0) is 18.6. The van der Waals surface area contributed by atoms with Gasteiger partial charge in [-0.1, -0.05) is 56.8 Å². The molecule has 2 aromatic rings. The number of hydrogen-bond acceptors (Lipinski definition) is 4. The molecule has 0 aromatic heterocycles. The van der Waals surface area contributed by atoms with Crippen LogP contribution in [0.25, 0.3) is 0 Å². The number of non-ortho nitro benzene ring substituents is 1. The minimum atomic E-state index is -1.89. The number of nitrogens with one attached hydrogen (secondary N) is 2. The van der Waals surface area contributed by atoms with Crippen LogP contribution in [0.15, 0.2) is 53.0 Å². The number of nitrogens with zero attached hydrogens (tertiary/aromatic N) is 1. The van der Waals surface area contributed by atoms with Crippen molar-refractivity contribution in [3.63, 3.8) is 0 Å². The highest BCUT2D eigenvalue weighted by Gasteiger charge is 2.34. The summed E-state index contributed by atoms with van der Waals surface area (Å²) in [6.45, 7) is 0. The van der Waals surface area contributed by atoms with Crippen LogP contribution < -0.4 is 10.6 Å². The summed E-state index contributed by atoms with van der Waals surface area (Å²) in [7, 11) is 0. The van der Waals surface area contributed by atoms with E-state index in [4.69, 9.17) is 34.8 Å². The smallest absolute Gasteiger partial charge is 0.271 e. The minimum absolute atomic E-state index is 0.132. The number of carbonyl (C=O) groups excluding carboxylic acids is 1. The Kier molecular flexibility index (Phi) is 6.51. The monoisotopic (exact) mass is 465 g/mol. The van der Waals surface area contributed by atoms with E-state index in [2.05, 4.69) is 26.6 Å². The maximum Gasteiger partial charge on any atom is 0.271 e. The van der Waals surface area contributed by atoms with Crippen molar-refractivity contribution < 1.29 is 9.72 Å². The van der Waals surface area contributed by atoms with E-state index < -0.39 is 20.8 Å². The molecular weight excluding hydrogens is 456 g/mol. The van der Waals surface area contributed by atoms with Crippen molar-refractivity contribution in [1.29, 1.82) is 0 Å². The van der Waals surface area contributed by atoms with Crippen LogP contribution in [0.2, 0.25) is 0 Å². The first-order valence-electron chi connectivity index (χ1n) is 6.81. The molecule has 0 saturated heterocycles. The molecular formula is C15H11BrCl3N3O3. The average molecular weight is 468 g/mol. The third-order valence-electron chi connectivity index (χ3n) is 3.08. The Hall–Kier alpha value is -1.54. The second kappa shape index (κ2) is 8.23. The highest BCUT2D eigenvalue weighted by molar-refractivity contribution is 9.10. The van der Waals surface area contributed by atoms with Crippen LogP contribution in [-0.4, -0.2) is 20.8 Å². The Labute approximate surface area is 166 Å². The van der Waals surface area contributed by atoms with Gasteiger partial charge in [0.1, 0.15) is 6.17 Å². The number of nitro benzene ring substituents is 1. The Morgan fingerprint density at radius 1 is 1.16 bits per heavy atom. The molecule has 1 amide bonds. The van der Waals surface area contributed by atoms with Crippen molar-refractivity contribution >= 4 is 68.0 Å². The summed E-state index contributed by atoms with van der Waals surface area (Å²) < 4.78 is -1.08. The topological polar surface area (TPSA) is 84.3 Å². The molecule has 10 heteroatoms. The van der Waals surface area contributed by atoms with Gasteiger partial charge in [0.25, 0.3) is 11.6 Å². The SMILES string of the molecule is O=C(NC(Nc1cccc([N+](=O)[O-])c1)C(Cl)(Cl)Cl)c1ccc(Br)cc1. The van der Waals surface area contributed by atoms with E-state index in [1.54, 1.807) is 30.3 Å². The maximum atomic E-state index is 12.3. The molecule has 0 bridgehead atoms. The van der Waals surface area contributed by atoms with Gasteiger partial charge in [0, 0.05) is 27.9 Å². The molecule has 0 aliphatic heterocycles. The predicted octanol–water partition coefficient (Wildman–Crippen LogP) is 4.90. The number of hydrogen-bond donors (Lipinski definition) is 2. The van der Waals surface area contributed by atoms with Gasteiger partial charge < -0.3 is 10.6 Å². The fraction of sp³-hybridized carbons (Fsp3) is 0.133. The Morgan fingerprint density at radius 3 is 2.36 bits per heavy atom. The van der Waals surface area contributed by atoms with Crippen LogP contribution >= 0.6 is 50.7 Å². The van der Waals surface area contributed by atoms with E-state index in [-0.39, 0.29) is 5.69 Å². The largest absolute Gasteiger partial charge is 0.362 e. The van der Waals surface area contributed by atoms with Crippen LogP contribution in [0.3, 0.4) is 0 Å². The first kappa shape index (κ1) is 19.8. The van der Waals surface area contributed by atoms with Crippen LogP contribution in [0.5, 0.6) is 0 Å². The van der Waals surface area contributed by atoms with Gasteiger partial charge in [-0.3, -0.25) is 14.9 Å². The van der Waals surface area contributed by atoms with Crippen molar-refractivity contribution in [3.05, 3.63) is 68.7 Å². The normalized spacial score (nSPS) is 12.3. The lowest BCUT2D eigenvalue weighted by Crippen LogP contribution is -2.49. The quantitative estimate of drug-likeness (QED) is 0.284. The molecule has 0 saturated carbocycles. The molecule has 0 fully saturated rings. The summed E-state index contributed by atoms with van der Waals surface area (Å²) >= 11 is 21.0. The third kappa shape index (κ3) is 5.74. The summed E-state index contributed by atoms with van der Waals surface area (Å²) in [6, 6.07) is 12.2. The van der Waals surface area contributed by atoms with Gasteiger partial charge in [-0.25, -0.2) is 0 Å².